The zero-order valence-electron chi connectivity index (χ0n) is 14.0. The summed E-state index contributed by atoms with van der Waals surface area (Å²) in [6.45, 7) is 6.69. The van der Waals surface area contributed by atoms with E-state index in [2.05, 4.69) is 101 Å². The van der Waals surface area contributed by atoms with Gasteiger partial charge in [0.2, 0.25) is 0 Å². The molecule has 0 saturated heterocycles. The van der Waals surface area contributed by atoms with E-state index in [9.17, 15) is 0 Å². The smallest absolute Gasteiger partial charge is 0.137 e. The fourth-order valence-corrected chi connectivity index (χ4v) is 3.56. The van der Waals surface area contributed by atoms with Crippen LogP contribution in [0, 0.1) is 0 Å². The number of aromatic nitrogens is 2. The van der Waals surface area contributed by atoms with Gasteiger partial charge in [-0.05, 0) is 47.4 Å². The van der Waals surface area contributed by atoms with E-state index in [-0.39, 0.29) is 5.41 Å². The lowest BCUT2D eigenvalue weighted by Gasteiger charge is -2.19. The summed E-state index contributed by atoms with van der Waals surface area (Å²) in [7, 11) is 0. The van der Waals surface area contributed by atoms with E-state index in [4.69, 9.17) is 0 Å². The molecule has 4 aromatic rings. The van der Waals surface area contributed by atoms with Crippen LogP contribution in [-0.2, 0) is 5.41 Å². The molecule has 2 aromatic carbocycles. The van der Waals surface area contributed by atoms with Gasteiger partial charge in [0.1, 0.15) is 5.82 Å². The van der Waals surface area contributed by atoms with Crippen molar-refractivity contribution in [2.45, 2.75) is 26.2 Å². The molecule has 0 N–H and O–H groups in total. The van der Waals surface area contributed by atoms with Crippen LogP contribution in [0.1, 0.15) is 26.3 Å². The van der Waals surface area contributed by atoms with Crippen LogP contribution in [0.2, 0.25) is 0 Å². The van der Waals surface area contributed by atoms with Crippen molar-refractivity contribution in [3.63, 3.8) is 0 Å². The van der Waals surface area contributed by atoms with Gasteiger partial charge in [0, 0.05) is 21.4 Å². The third-order valence-electron chi connectivity index (χ3n) is 4.48. The van der Waals surface area contributed by atoms with E-state index in [0.29, 0.717) is 0 Å². The van der Waals surface area contributed by atoms with Gasteiger partial charge in [-0.15, -0.1) is 0 Å². The van der Waals surface area contributed by atoms with E-state index in [1.165, 1.54) is 27.4 Å². The summed E-state index contributed by atoms with van der Waals surface area (Å²) >= 11 is 3.60. The van der Waals surface area contributed by atoms with E-state index in [0.717, 1.165) is 10.3 Å². The highest BCUT2D eigenvalue weighted by Crippen LogP contribution is 2.34. The summed E-state index contributed by atoms with van der Waals surface area (Å²) in [5.41, 5.74) is 3.75. The molecule has 0 aliphatic heterocycles. The number of para-hydroxylation sites is 1. The summed E-state index contributed by atoms with van der Waals surface area (Å²) in [5.74, 6) is 0.968. The fraction of sp³-hybridized carbons (Fsp3) is 0.190. The molecular formula is C21H19BrN2. The lowest BCUT2D eigenvalue weighted by atomic mass is 9.88. The molecule has 0 unspecified atom stereocenters. The van der Waals surface area contributed by atoms with Crippen LogP contribution in [0.25, 0.3) is 27.6 Å². The van der Waals surface area contributed by atoms with Crippen molar-refractivity contribution < 1.29 is 0 Å². The first-order valence-electron chi connectivity index (χ1n) is 8.11. The molecule has 2 nitrogen and oxygen atoms in total. The highest BCUT2D eigenvalue weighted by Gasteiger charge is 2.17. The highest BCUT2D eigenvalue weighted by atomic mass is 79.9. The maximum atomic E-state index is 4.67. The number of pyridine rings is 1. The Morgan fingerprint density at radius 1 is 0.875 bits per heavy atom. The average molecular weight is 379 g/mol. The van der Waals surface area contributed by atoms with Gasteiger partial charge in [-0.1, -0.05) is 54.9 Å². The minimum Gasteiger partial charge on any atom is -0.294 e. The number of benzene rings is 2. The molecule has 0 radical (unpaired) electrons. The number of hydrogen-bond donors (Lipinski definition) is 0. The monoisotopic (exact) mass is 378 g/mol. The number of rotatable bonds is 1. The summed E-state index contributed by atoms with van der Waals surface area (Å²) in [6, 6.07) is 19.2. The van der Waals surface area contributed by atoms with Crippen LogP contribution in [0.5, 0.6) is 0 Å². The SMILES string of the molecule is CC(C)(C)c1ccnc(-n2c3ccccc3c3cc(Br)ccc32)c1. The lowest BCUT2D eigenvalue weighted by Crippen LogP contribution is -2.12. The number of fused-ring (bicyclic) bond motifs is 3. The molecule has 2 heterocycles. The van der Waals surface area contributed by atoms with E-state index in [1.807, 2.05) is 6.20 Å². The predicted octanol–water partition coefficient (Wildman–Crippen LogP) is 6.24. The molecule has 0 amide bonds. The van der Waals surface area contributed by atoms with Crippen molar-refractivity contribution in [2.75, 3.05) is 0 Å². The van der Waals surface area contributed by atoms with Crippen molar-refractivity contribution in [3.8, 4) is 5.82 Å². The van der Waals surface area contributed by atoms with Crippen molar-refractivity contribution >= 4 is 37.7 Å². The first-order chi connectivity index (χ1) is 11.4. The highest BCUT2D eigenvalue weighted by molar-refractivity contribution is 9.10. The van der Waals surface area contributed by atoms with Gasteiger partial charge in [0.05, 0.1) is 11.0 Å². The standard InChI is InChI=1S/C21H19BrN2/c1-21(2,3)14-10-11-23-20(12-14)24-18-7-5-4-6-16(18)17-13-15(22)8-9-19(17)24/h4-13H,1-3H3. The Morgan fingerprint density at radius 3 is 2.42 bits per heavy atom. The molecule has 3 heteroatoms. The summed E-state index contributed by atoms with van der Waals surface area (Å²) < 4.78 is 3.35. The van der Waals surface area contributed by atoms with Gasteiger partial charge < -0.3 is 0 Å². The van der Waals surface area contributed by atoms with Crippen LogP contribution in [0.15, 0.2) is 65.3 Å². The van der Waals surface area contributed by atoms with Gasteiger partial charge >= 0.3 is 0 Å². The van der Waals surface area contributed by atoms with E-state index in [1.54, 1.807) is 0 Å². The van der Waals surface area contributed by atoms with E-state index >= 15 is 0 Å². The van der Waals surface area contributed by atoms with Crippen LogP contribution in [-0.4, -0.2) is 9.55 Å². The predicted molar refractivity (Wildman–Crippen MR) is 105 cm³/mol. The third kappa shape index (κ3) is 2.44. The first-order valence-corrected chi connectivity index (χ1v) is 8.90. The largest absolute Gasteiger partial charge is 0.294 e. The van der Waals surface area contributed by atoms with Crippen LogP contribution >= 0.6 is 15.9 Å². The maximum absolute atomic E-state index is 4.67. The Bertz CT molecular complexity index is 1050. The van der Waals surface area contributed by atoms with Crippen molar-refractivity contribution in [1.29, 1.82) is 0 Å². The zero-order valence-corrected chi connectivity index (χ0v) is 15.6. The quantitative estimate of drug-likeness (QED) is 0.383. The molecule has 120 valence electrons. The minimum absolute atomic E-state index is 0.0967. The van der Waals surface area contributed by atoms with Crippen LogP contribution in [0.4, 0.5) is 0 Å². The molecule has 0 saturated carbocycles. The number of nitrogens with zero attached hydrogens (tertiary/aromatic N) is 2. The summed E-state index contributed by atoms with van der Waals surface area (Å²) in [4.78, 5) is 4.67. The molecular weight excluding hydrogens is 360 g/mol. The molecule has 2 aromatic heterocycles. The average Bonchev–Trinajstić information content (AvgIpc) is 2.88. The Morgan fingerprint density at radius 2 is 1.62 bits per heavy atom. The fourth-order valence-electron chi connectivity index (χ4n) is 3.20. The molecule has 0 bridgehead atoms. The number of hydrogen-bond acceptors (Lipinski definition) is 1. The van der Waals surface area contributed by atoms with Crippen molar-refractivity contribution in [1.82, 2.24) is 9.55 Å². The van der Waals surface area contributed by atoms with Gasteiger partial charge in [-0.25, -0.2) is 4.98 Å². The zero-order chi connectivity index (χ0) is 16.9. The van der Waals surface area contributed by atoms with Gasteiger partial charge in [0.15, 0.2) is 0 Å². The summed E-state index contributed by atoms with van der Waals surface area (Å²) in [5, 5.41) is 2.49. The summed E-state index contributed by atoms with van der Waals surface area (Å²) in [6.07, 6.45) is 1.91. The second kappa shape index (κ2) is 5.45. The second-order valence-electron chi connectivity index (χ2n) is 7.17. The first kappa shape index (κ1) is 15.4. The Kier molecular flexibility index (Phi) is 3.50. The van der Waals surface area contributed by atoms with Gasteiger partial charge in [0.25, 0.3) is 0 Å². The number of halogens is 1. The molecule has 0 aliphatic rings. The minimum atomic E-state index is 0.0967. The third-order valence-corrected chi connectivity index (χ3v) is 4.97. The Balaban J connectivity index is 2.09. The lowest BCUT2D eigenvalue weighted by molar-refractivity contribution is 0.588. The maximum Gasteiger partial charge on any atom is 0.137 e. The van der Waals surface area contributed by atoms with Crippen LogP contribution < -0.4 is 0 Å². The molecule has 4 rings (SSSR count). The molecule has 0 aliphatic carbocycles. The second-order valence-corrected chi connectivity index (χ2v) is 8.08. The van der Waals surface area contributed by atoms with Crippen LogP contribution in [0.3, 0.4) is 0 Å². The molecule has 0 fully saturated rings. The molecule has 0 atom stereocenters. The van der Waals surface area contributed by atoms with Gasteiger partial charge in [-0.3, -0.25) is 4.57 Å². The Hall–Kier alpha value is -2.13. The van der Waals surface area contributed by atoms with Gasteiger partial charge in [-0.2, -0.15) is 0 Å². The van der Waals surface area contributed by atoms with Crippen molar-refractivity contribution in [3.05, 3.63) is 70.8 Å². The Labute approximate surface area is 150 Å². The van der Waals surface area contributed by atoms with E-state index < -0.39 is 0 Å². The topological polar surface area (TPSA) is 17.8 Å². The molecule has 24 heavy (non-hydrogen) atoms. The molecule has 0 spiro atoms. The van der Waals surface area contributed by atoms with Crippen molar-refractivity contribution in [2.24, 2.45) is 0 Å². The normalized spacial score (nSPS) is 12.2.